The first-order chi connectivity index (χ1) is 14.4. The van der Waals surface area contributed by atoms with Crippen LogP contribution < -0.4 is 5.32 Å². The average Bonchev–Trinajstić information content (AvgIpc) is 2.75. The minimum Gasteiger partial charge on any atom is -0.352 e. The minimum atomic E-state index is -0.504. The van der Waals surface area contributed by atoms with Gasteiger partial charge in [0.05, 0.1) is 0 Å². The number of benzene rings is 2. The molecule has 162 valence electrons. The molecule has 2 rings (SSSR count). The van der Waals surface area contributed by atoms with Crippen LogP contribution in [0.2, 0.25) is 5.02 Å². The molecule has 0 saturated heterocycles. The average molecular weight is 447 g/mol. The summed E-state index contributed by atoms with van der Waals surface area (Å²) in [6.45, 7) is 6.34. The summed E-state index contributed by atoms with van der Waals surface area (Å²) in [7, 11) is 0. The molecule has 0 saturated carbocycles. The van der Waals surface area contributed by atoms with Crippen LogP contribution in [-0.2, 0) is 16.0 Å². The molecule has 4 nitrogen and oxygen atoms in total. The first-order valence-electron chi connectivity index (χ1n) is 10.4. The van der Waals surface area contributed by atoms with Crippen molar-refractivity contribution in [2.45, 2.75) is 57.0 Å². The Morgan fingerprint density at radius 3 is 2.37 bits per heavy atom. The zero-order valence-corrected chi connectivity index (χ0v) is 19.5. The van der Waals surface area contributed by atoms with Gasteiger partial charge in [0.15, 0.2) is 0 Å². The van der Waals surface area contributed by atoms with Gasteiger partial charge >= 0.3 is 0 Å². The van der Waals surface area contributed by atoms with Gasteiger partial charge in [-0.1, -0.05) is 48.9 Å². The molecule has 2 aromatic rings. The molecule has 0 fully saturated rings. The first kappa shape index (κ1) is 24.3. The van der Waals surface area contributed by atoms with Gasteiger partial charge in [0.2, 0.25) is 11.8 Å². The van der Waals surface area contributed by atoms with Gasteiger partial charge in [-0.25, -0.2) is 0 Å². The van der Waals surface area contributed by atoms with E-state index in [4.69, 9.17) is 11.6 Å². The van der Waals surface area contributed by atoms with Crippen LogP contribution in [0, 0.1) is 0 Å². The summed E-state index contributed by atoms with van der Waals surface area (Å²) in [6.07, 6.45) is 1.95. The minimum absolute atomic E-state index is 0.000744. The normalized spacial score (nSPS) is 12.8. The molecule has 6 heteroatoms. The van der Waals surface area contributed by atoms with E-state index in [9.17, 15) is 9.59 Å². The lowest BCUT2D eigenvalue weighted by molar-refractivity contribution is -0.139. The van der Waals surface area contributed by atoms with Gasteiger partial charge in [-0.05, 0) is 56.5 Å². The molecule has 2 amide bonds. The smallest absolute Gasteiger partial charge is 0.242 e. The number of carbonyl (C=O) groups is 2. The van der Waals surface area contributed by atoms with Crippen LogP contribution in [0.15, 0.2) is 59.5 Å². The highest BCUT2D eigenvalue weighted by molar-refractivity contribution is 7.99. The molecule has 0 spiro atoms. The Bertz CT molecular complexity index is 799. The molecule has 0 aromatic heterocycles. The molecule has 2 aromatic carbocycles. The summed E-state index contributed by atoms with van der Waals surface area (Å²) < 4.78 is 0. The van der Waals surface area contributed by atoms with E-state index in [1.807, 2.05) is 75.4 Å². The molecule has 0 aliphatic carbocycles. The number of hydrogen-bond acceptors (Lipinski definition) is 3. The van der Waals surface area contributed by atoms with Gasteiger partial charge in [0.1, 0.15) is 6.04 Å². The fourth-order valence-electron chi connectivity index (χ4n) is 2.97. The van der Waals surface area contributed by atoms with E-state index in [1.54, 1.807) is 16.7 Å². The van der Waals surface area contributed by atoms with E-state index in [1.165, 1.54) is 0 Å². The number of nitrogens with one attached hydrogen (secondary N) is 1. The number of amides is 2. The second kappa shape index (κ2) is 12.7. The molecule has 0 unspecified atom stereocenters. The van der Waals surface area contributed by atoms with Gasteiger partial charge in [0.25, 0.3) is 0 Å². The van der Waals surface area contributed by atoms with Crippen molar-refractivity contribution in [3.05, 3.63) is 65.2 Å². The maximum Gasteiger partial charge on any atom is 0.242 e. The zero-order chi connectivity index (χ0) is 21.9. The predicted octanol–water partition coefficient (Wildman–Crippen LogP) is 5.20. The summed E-state index contributed by atoms with van der Waals surface area (Å²) in [5.41, 5.74) is 1.15. The number of nitrogens with zero attached hydrogens (tertiary/aromatic N) is 1. The molecule has 2 atom stereocenters. The van der Waals surface area contributed by atoms with Crippen LogP contribution in [0.25, 0.3) is 0 Å². The second-order valence-electron chi connectivity index (χ2n) is 7.37. The van der Waals surface area contributed by atoms with Crippen LogP contribution in [0.4, 0.5) is 0 Å². The molecule has 0 bridgehead atoms. The lowest BCUT2D eigenvalue weighted by atomic mass is 10.1. The lowest BCUT2D eigenvalue weighted by Crippen LogP contribution is -2.50. The van der Waals surface area contributed by atoms with E-state index < -0.39 is 6.04 Å². The molecular weight excluding hydrogens is 416 g/mol. The highest BCUT2D eigenvalue weighted by Crippen LogP contribution is 2.21. The fraction of sp³-hybridized carbons (Fsp3) is 0.417. The maximum absolute atomic E-state index is 13.0. The van der Waals surface area contributed by atoms with E-state index in [-0.39, 0.29) is 17.9 Å². The third kappa shape index (κ3) is 8.04. The number of halogens is 1. The number of thioether (sulfide) groups is 1. The van der Waals surface area contributed by atoms with Gasteiger partial charge in [-0.3, -0.25) is 9.59 Å². The Kier molecular flexibility index (Phi) is 10.2. The van der Waals surface area contributed by atoms with E-state index in [0.29, 0.717) is 23.7 Å². The van der Waals surface area contributed by atoms with Crippen LogP contribution in [-0.4, -0.2) is 41.1 Å². The molecule has 30 heavy (non-hydrogen) atoms. The summed E-state index contributed by atoms with van der Waals surface area (Å²) >= 11 is 7.54. The van der Waals surface area contributed by atoms with Gasteiger partial charge in [0, 0.05) is 34.7 Å². The topological polar surface area (TPSA) is 49.4 Å². The van der Waals surface area contributed by atoms with Crippen molar-refractivity contribution in [2.75, 3.05) is 12.3 Å². The van der Waals surface area contributed by atoms with Crippen LogP contribution >= 0.6 is 23.4 Å². The molecule has 0 heterocycles. The Hall–Kier alpha value is -1.98. The van der Waals surface area contributed by atoms with E-state index in [0.717, 1.165) is 23.3 Å². The van der Waals surface area contributed by atoms with Gasteiger partial charge in [-0.15, -0.1) is 11.8 Å². The Balaban J connectivity index is 1.99. The van der Waals surface area contributed by atoms with E-state index >= 15 is 0 Å². The zero-order valence-electron chi connectivity index (χ0n) is 17.9. The summed E-state index contributed by atoms with van der Waals surface area (Å²) in [6, 6.07) is 17.2. The second-order valence-corrected chi connectivity index (χ2v) is 8.97. The van der Waals surface area contributed by atoms with Crippen molar-refractivity contribution < 1.29 is 9.59 Å². The third-order valence-corrected chi connectivity index (χ3v) is 6.32. The Labute approximate surface area is 189 Å². The first-order valence-corrected chi connectivity index (χ1v) is 11.8. The van der Waals surface area contributed by atoms with Crippen LogP contribution in [0.3, 0.4) is 0 Å². The van der Waals surface area contributed by atoms with Crippen molar-refractivity contribution in [3.63, 3.8) is 0 Å². The van der Waals surface area contributed by atoms with Crippen molar-refractivity contribution in [1.82, 2.24) is 10.2 Å². The summed E-state index contributed by atoms with van der Waals surface area (Å²) in [5.74, 6) is 0.553. The van der Waals surface area contributed by atoms with Gasteiger partial charge in [-0.2, -0.15) is 0 Å². The van der Waals surface area contributed by atoms with Crippen molar-refractivity contribution >= 4 is 35.2 Å². The molecule has 1 N–H and O–H groups in total. The maximum atomic E-state index is 13.0. The Morgan fingerprint density at radius 1 is 1.07 bits per heavy atom. The third-order valence-electron chi connectivity index (χ3n) is 5.05. The SMILES string of the molecule is CC[C@@H](C)NC(=O)[C@H](C)N(CCc1ccccc1)C(=O)CCSc1ccc(Cl)cc1. The number of rotatable bonds is 11. The lowest BCUT2D eigenvalue weighted by Gasteiger charge is -2.29. The molecule has 0 aliphatic heterocycles. The fourth-order valence-corrected chi connectivity index (χ4v) is 3.93. The van der Waals surface area contributed by atoms with Gasteiger partial charge < -0.3 is 10.2 Å². The van der Waals surface area contributed by atoms with Crippen molar-refractivity contribution in [2.24, 2.45) is 0 Å². The summed E-state index contributed by atoms with van der Waals surface area (Å²) in [5, 5.41) is 3.70. The van der Waals surface area contributed by atoms with E-state index in [2.05, 4.69) is 5.32 Å². The van der Waals surface area contributed by atoms with Crippen molar-refractivity contribution in [3.8, 4) is 0 Å². The van der Waals surface area contributed by atoms with Crippen molar-refractivity contribution in [1.29, 1.82) is 0 Å². The quantitative estimate of drug-likeness (QED) is 0.483. The molecular formula is C24H31ClN2O2S. The molecule has 0 radical (unpaired) electrons. The Morgan fingerprint density at radius 2 is 1.73 bits per heavy atom. The highest BCUT2D eigenvalue weighted by Gasteiger charge is 2.26. The monoisotopic (exact) mass is 446 g/mol. The summed E-state index contributed by atoms with van der Waals surface area (Å²) in [4.78, 5) is 28.5. The number of hydrogen-bond donors (Lipinski definition) is 1. The van der Waals surface area contributed by atoms with Crippen LogP contribution in [0.5, 0.6) is 0 Å². The highest BCUT2D eigenvalue weighted by atomic mass is 35.5. The number of carbonyl (C=O) groups excluding carboxylic acids is 2. The standard InChI is InChI=1S/C24H31ClN2O2S/c1-4-18(2)26-24(29)19(3)27(16-14-20-8-6-5-7-9-20)23(28)15-17-30-22-12-10-21(25)11-13-22/h5-13,18-19H,4,14-17H2,1-3H3,(H,26,29)/t18-,19+/m1/s1. The molecule has 0 aliphatic rings. The van der Waals surface area contributed by atoms with Crippen LogP contribution in [0.1, 0.15) is 39.2 Å². The largest absolute Gasteiger partial charge is 0.352 e. The predicted molar refractivity (Wildman–Crippen MR) is 126 cm³/mol.